The molecule has 0 aromatic heterocycles. The zero-order valence-corrected chi connectivity index (χ0v) is 25.2. The summed E-state index contributed by atoms with van der Waals surface area (Å²) in [7, 11) is 1.24. The third kappa shape index (κ3) is 5.21. The van der Waals surface area contributed by atoms with Gasteiger partial charge in [0.05, 0.1) is 29.4 Å². The number of halogens is 4. The van der Waals surface area contributed by atoms with Crippen LogP contribution >= 0.6 is 23.2 Å². The first kappa shape index (κ1) is 30.7. The van der Waals surface area contributed by atoms with Gasteiger partial charge in [0.2, 0.25) is 11.8 Å². The number of carboxylic acid groups (broad SMARTS) is 1. The Morgan fingerprint density at radius 1 is 1.12 bits per heavy atom. The second kappa shape index (κ2) is 11.1. The maximum absolute atomic E-state index is 15.9. The van der Waals surface area contributed by atoms with E-state index in [1.165, 1.54) is 19.2 Å². The summed E-state index contributed by atoms with van der Waals surface area (Å²) in [5.74, 6) is -5.79. The first-order chi connectivity index (χ1) is 20.2. The van der Waals surface area contributed by atoms with Gasteiger partial charge in [0.15, 0.2) is 0 Å². The van der Waals surface area contributed by atoms with Crippen LogP contribution in [0.4, 0.5) is 20.2 Å². The molecule has 4 atom stereocenters. The molecule has 5 rings (SSSR count). The Balaban J connectivity index is 1.71. The number of methoxy groups -OCH3 is 1. The number of ether oxygens (including phenoxy) is 1. The summed E-state index contributed by atoms with van der Waals surface area (Å²) < 4.78 is 35.8. The van der Waals surface area contributed by atoms with Crippen LogP contribution in [-0.4, -0.2) is 42.1 Å². The highest BCUT2D eigenvalue weighted by atomic mass is 35.5. The molecule has 2 amide bonds. The molecule has 8 nitrogen and oxygen atoms in total. The van der Waals surface area contributed by atoms with Crippen LogP contribution in [0, 0.1) is 17.0 Å². The molecule has 43 heavy (non-hydrogen) atoms. The molecule has 2 heterocycles. The number of fused-ring (bicyclic) bond motifs is 2. The normalized spacial score (nSPS) is 22.8. The van der Waals surface area contributed by atoms with Crippen molar-refractivity contribution in [2.45, 2.75) is 50.6 Å². The monoisotopic (exact) mass is 631 g/mol. The molecule has 1 spiro atoms. The van der Waals surface area contributed by atoms with Gasteiger partial charge in [-0.1, -0.05) is 62.2 Å². The van der Waals surface area contributed by atoms with Crippen LogP contribution in [0.5, 0.6) is 5.75 Å². The Morgan fingerprint density at radius 3 is 2.49 bits per heavy atom. The van der Waals surface area contributed by atoms with E-state index in [9.17, 15) is 23.9 Å². The highest BCUT2D eigenvalue weighted by Crippen LogP contribution is 2.57. The van der Waals surface area contributed by atoms with Crippen LogP contribution in [-0.2, 0) is 15.0 Å². The molecule has 3 aromatic carbocycles. The molecule has 0 saturated carbocycles. The molecule has 0 radical (unpaired) electrons. The number of aromatic carboxylic acids is 1. The number of benzene rings is 3. The van der Waals surface area contributed by atoms with Crippen molar-refractivity contribution in [3.05, 3.63) is 86.9 Å². The molecule has 1 fully saturated rings. The Bertz CT molecular complexity index is 1660. The number of carboxylic acids is 1. The Labute approximate surface area is 256 Å². The zero-order chi connectivity index (χ0) is 31.4. The highest BCUT2D eigenvalue weighted by Gasteiger charge is 2.66. The van der Waals surface area contributed by atoms with Gasteiger partial charge in [0.1, 0.15) is 22.8 Å². The predicted octanol–water partition coefficient (Wildman–Crippen LogP) is 6.37. The van der Waals surface area contributed by atoms with Gasteiger partial charge >= 0.3 is 5.97 Å². The molecule has 0 bridgehead atoms. The van der Waals surface area contributed by atoms with E-state index in [1.807, 2.05) is 20.8 Å². The Kier molecular flexibility index (Phi) is 7.91. The zero-order valence-electron chi connectivity index (χ0n) is 23.7. The summed E-state index contributed by atoms with van der Waals surface area (Å²) in [6.07, 6.45) is 0.399. The lowest BCUT2D eigenvalue weighted by Gasteiger charge is -2.37. The molecule has 226 valence electrons. The molecule has 1 saturated heterocycles. The lowest BCUT2D eigenvalue weighted by Crippen LogP contribution is -2.49. The number of carbonyl (C=O) groups is 3. The van der Waals surface area contributed by atoms with Crippen molar-refractivity contribution in [3.63, 3.8) is 0 Å². The summed E-state index contributed by atoms with van der Waals surface area (Å²) in [6.45, 7) is 5.95. The van der Waals surface area contributed by atoms with Crippen molar-refractivity contribution < 1.29 is 33.0 Å². The number of rotatable bonds is 6. The SMILES string of the molecule is COc1cc(C(=O)O)c(F)cc1NC(=O)[C@@H]1N[C@@H](CC(C)(C)C)C2(C(=O)Nc3cc(Cl)ccc32)[C@@H]1c1cccc(Cl)c1F. The molecule has 2 aliphatic rings. The number of hydrogen-bond donors (Lipinski definition) is 4. The highest BCUT2D eigenvalue weighted by molar-refractivity contribution is 6.31. The van der Waals surface area contributed by atoms with Crippen molar-refractivity contribution in [2.24, 2.45) is 5.41 Å². The second-order valence-corrected chi connectivity index (χ2v) is 12.8. The maximum Gasteiger partial charge on any atom is 0.338 e. The van der Waals surface area contributed by atoms with E-state index in [-0.39, 0.29) is 27.4 Å². The van der Waals surface area contributed by atoms with Gasteiger partial charge in [0.25, 0.3) is 0 Å². The molecule has 3 aromatic rings. The minimum absolute atomic E-state index is 0.0360. The van der Waals surface area contributed by atoms with Gasteiger partial charge in [-0.2, -0.15) is 0 Å². The summed E-state index contributed by atoms with van der Waals surface area (Å²) in [5, 5.41) is 18.3. The van der Waals surface area contributed by atoms with E-state index < -0.39 is 58.4 Å². The second-order valence-electron chi connectivity index (χ2n) is 11.9. The van der Waals surface area contributed by atoms with Gasteiger partial charge in [-0.25, -0.2) is 13.6 Å². The van der Waals surface area contributed by atoms with Crippen molar-refractivity contribution >= 4 is 52.4 Å². The molecule has 12 heteroatoms. The topological polar surface area (TPSA) is 117 Å². The van der Waals surface area contributed by atoms with Gasteiger partial charge in [0, 0.05) is 28.7 Å². The lowest BCUT2D eigenvalue weighted by atomic mass is 9.62. The molecule has 1 unspecified atom stereocenters. The average Bonchev–Trinajstić information content (AvgIpc) is 3.39. The Morgan fingerprint density at radius 2 is 1.84 bits per heavy atom. The van der Waals surface area contributed by atoms with Crippen molar-refractivity contribution in [3.8, 4) is 5.75 Å². The summed E-state index contributed by atoms with van der Waals surface area (Å²) in [6, 6.07) is 9.22. The standard InChI is InChI=1S/C31H29Cl2F2N3O5/c1-30(2,3)13-23-31(17-9-8-14(32)10-20(17)37-29(31)42)24(15-6-5-7-18(33)25(15)35)26(38-23)27(39)36-21-12-19(34)16(28(40)41)11-22(21)43-4/h5-12,23-24,26,38H,13H2,1-4H3,(H,36,39)(H,37,42)(H,40,41)/t23-,24+,26+,31?/m0/s1. The smallest absolute Gasteiger partial charge is 0.338 e. The van der Waals surface area contributed by atoms with Gasteiger partial charge in [-0.05, 0) is 47.2 Å². The Hall–Kier alpha value is -3.73. The molecular formula is C31H29Cl2F2N3O5. The van der Waals surface area contributed by atoms with E-state index in [0.717, 1.165) is 12.1 Å². The quantitative estimate of drug-likeness (QED) is 0.251. The molecular weight excluding hydrogens is 603 g/mol. The number of hydrogen-bond acceptors (Lipinski definition) is 5. The van der Waals surface area contributed by atoms with Crippen LogP contribution in [0.1, 0.15) is 54.6 Å². The first-order valence-electron chi connectivity index (χ1n) is 13.4. The molecule has 0 aliphatic carbocycles. The van der Waals surface area contributed by atoms with Crippen molar-refractivity contribution in [1.82, 2.24) is 5.32 Å². The van der Waals surface area contributed by atoms with E-state index in [0.29, 0.717) is 22.7 Å². The van der Waals surface area contributed by atoms with E-state index >= 15 is 4.39 Å². The maximum atomic E-state index is 15.9. The fourth-order valence-corrected chi connectivity index (χ4v) is 6.70. The van der Waals surface area contributed by atoms with Crippen LogP contribution < -0.4 is 20.7 Å². The number of nitrogens with one attached hydrogen (secondary N) is 3. The number of anilines is 2. The number of amides is 2. The van der Waals surface area contributed by atoms with Gasteiger partial charge in [-0.15, -0.1) is 0 Å². The average molecular weight is 632 g/mol. The van der Waals surface area contributed by atoms with Crippen LogP contribution in [0.2, 0.25) is 10.0 Å². The summed E-state index contributed by atoms with van der Waals surface area (Å²) >= 11 is 12.5. The third-order valence-electron chi connectivity index (χ3n) is 8.00. The van der Waals surface area contributed by atoms with E-state index in [4.69, 9.17) is 27.9 Å². The fourth-order valence-electron chi connectivity index (χ4n) is 6.35. The summed E-state index contributed by atoms with van der Waals surface area (Å²) in [4.78, 5) is 39.8. The predicted molar refractivity (Wildman–Crippen MR) is 159 cm³/mol. The molecule has 2 aliphatic heterocycles. The minimum Gasteiger partial charge on any atom is -0.495 e. The first-order valence-corrected chi connectivity index (χ1v) is 14.2. The number of carbonyl (C=O) groups excluding carboxylic acids is 2. The van der Waals surface area contributed by atoms with Crippen LogP contribution in [0.3, 0.4) is 0 Å². The van der Waals surface area contributed by atoms with Crippen LogP contribution in [0.15, 0.2) is 48.5 Å². The lowest BCUT2D eigenvalue weighted by molar-refractivity contribution is -0.122. The van der Waals surface area contributed by atoms with E-state index in [2.05, 4.69) is 16.0 Å². The van der Waals surface area contributed by atoms with Crippen molar-refractivity contribution in [1.29, 1.82) is 0 Å². The van der Waals surface area contributed by atoms with Gasteiger partial charge in [-0.3, -0.25) is 9.59 Å². The molecule has 4 N–H and O–H groups in total. The van der Waals surface area contributed by atoms with Crippen LogP contribution in [0.25, 0.3) is 0 Å². The summed E-state index contributed by atoms with van der Waals surface area (Å²) in [5.41, 5.74) is -1.59. The van der Waals surface area contributed by atoms with Crippen molar-refractivity contribution in [2.75, 3.05) is 17.7 Å². The third-order valence-corrected chi connectivity index (χ3v) is 8.53. The van der Waals surface area contributed by atoms with E-state index in [1.54, 1.807) is 24.3 Å². The fraction of sp³-hybridized carbons (Fsp3) is 0.323. The van der Waals surface area contributed by atoms with Gasteiger partial charge < -0.3 is 25.8 Å². The largest absolute Gasteiger partial charge is 0.495 e. The minimum atomic E-state index is -1.51.